The van der Waals surface area contributed by atoms with Crippen LogP contribution in [0.15, 0.2) is 54.7 Å². The SMILES string of the molecule is CN(C(=O)CN1C(=O)COc2cc(Cl)c(Cl)cc21)C(CN1CCCC1)c1ccc(-c2ccc(F)nc2)cc1. The lowest BCUT2D eigenvalue weighted by molar-refractivity contribution is -0.133. The molecule has 2 aliphatic rings. The summed E-state index contributed by atoms with van der Waals surface area (Å²) in [4.78, 5) is 35.5. The van der Waals surface area contributed by atoms with Gasteiger partial charge in [0.2, 0.25) is 11.9 Å². The minimum atomic E-state index is -0.525. The van der Waals surface area contributed by atoms with Crippen LogP contribution in [0.5, 0.6) is 5.75 Å². The van der Waals surface area contributed by atoms with Gasteiger partial charge in [-0.25, -0.2) is 4.98 Å². The summed E-state index contributed by atoms with van der Waals surface area (Å²) in [5.74, 6) is -0.656. The minimum Gasteiger partial charge on any atom is -0.482 e. The van der Waals surface area contributed by atoms with Crippen LogP contribution < -0.4 is 9.64 Å². The van der Waals surface area contributed by atoms with Crippen LogP contribution in [-0.4, -0.2) is 66.4 Å². The summed E-state index contributed by atoms with van der Waals surface area (Å²) >= 11 is 12.3. The van der Waals surface area contributed by atoms with Crippen molar-refractivity contribution in [3.63, 3.8) is 0 Å². The number of nitrogens with zero attached hydrogens (tertiary/aromatic N) is 4. The highest BCUT2D eigenvalue weighted by Crippen LogP contribution is 2.39. The molecule has 198 valence electrons. The smallest absolute Gasteiger partial charge is 0.265 e. The molecule has 0 saturated carbocycles. The highest BCUT2D eigenvalue weighted by Gasteiger charge is 2.32. The van der Waals surface area contributed by atoms with E-state index >= 15 is 0 Å². The molecule has 0 radical (unpaired) electrons. The van der Waals surface area contributed by atoms with E-state index in [1.54, 1.807) is 30.1 Å². The number of aromatic nitrogens is 1. The Morgan fingerprint density at radius 1 is 1.08 bits per heavy atom. The van der Waals surface area contributed by atoms with Crippen LogP contribution in [0.25, 0.3) is 11.1 Å². The predicted molar refractivity (Wildman–Crippen MR) is 145 cm³/mol. The number of pyridine rings is 1. The van der Waals surface area contributed by atoms with Crippen LogP contribution in [0.3, 0.4) is 0 Å². The third-order valence-electron chi connectivity index (χ3n) is 7.09. The summed E-state index contributed by atoms with van der Waals surface area (Å²) in [7, 11) is 1.77. The number of anilines is 1. The first-order valence-electron chi connectivity index (χ1n) is 12.4. The maximum atomic E-state index is 13.6. The largest absolute Gasteiger partial charge is 0.482 e. The standard InChI is InChI=1S/C28H27Cl2FN4O3/c1-33(27(36)16-35-23-12-21(29)22(30)13-25(23)38-17-28(35)37)24(15-34-10-2-3-11-34)19-6-4-18(5-7-19)20-8-9-26(31)32-14-20/h4-9,12-14,24H,2-3,10-11,15-17H2,1H3. The first-order chi connectivity index (χ1) is 18.3. The topological polar surface area (TPSA) is 66.0 Å². The Labute approximate surface area is 230 Å². The highest BCUT2D eigenvalue weighted by atomic mass is 35.5. The molecule has 3 heterocycles. The van der Waals surface area contributed by atoms with Crippen molar-refractivity contribution < 1.29 is 18.7 Å². The molecule has 0 bridgehead atoms. The van der Waals surface area contributed by atoms with E-state index in [0.717, 1.165) is 42.6 Å². The van der Waals surface area contributed by atoms with Crippen molar-refractivity contribution in [2.24, 2.45) is 0 Å². The van der Waals surface area contributed by atoms with E-state index in [0.29, 0.717) is 23.0 Å². The molecule has 2 aromatic carbocycles. The summed E-state index contributed by atoms with van der Waals surface area (Å²) < 4.78 is 18.8. The van der Waals surface area contributed by atoms with Crippen molar-refractivity contribution in [3.05, 3.63) is 76.3 Å². The van der Waals surface area contributed by atoms with Crippen LogP contribution in [0.2, 0.25) is 10.0 Å². The number of halogens is 3. The second-order valence-electron chi connectivity index (χ2n) is 9.52. The van der Waals surface area contributed by atoms with Gasteiger partial charge in [0.05, 0.1) is 21.8 Å². The lowest BCUT2D eigenvalue weighted by Crippen LogP contribution is -2.47. The van der Waals surface area contributed by atoms with Crippen LogP contribution in [-0.2, 0) is 9.59 Å². The molecule has 1 atom stereocenters. The Morgan fingerprint density at radius 3 is 2.45 bits per heavy atom. The van der Waals surface area contributed by atoms with E-state index in [1.165, 1.54) is 17.2 Å². The maximum Gasteiger partial charge on any atom is 0.265 e. The predicted octanol–water partition coefficient (Wildman–Crippen LogP) is 5.22. The normalized spacial score (nSPS) is 16.2. The molecule has 3 aromatic rings. The Kier molecular flexibility index (Phi) is 7.83. The number of likely N-dealkylation sites (N-methyl/N-ethyl adjacent to an activating group) is 1. The summed E-state index contributed by atoms with van der Waals surface area (Å²) in [6, 6.07) is 13.8. The average Bonchev–Trinajstić information content (AvgIpc) is 3.44. The molecule has 1 aromatic heterocycles. The molecule has 2 aliphatic heterocycles. The van der Waals surface area contributed by atoms with E-state index < -0.39 is 5.95 Å². The Morgan fingerprint density at radius 2 is 1.76 bits per heavy atom. The Bertz CT molecular complexity index is 1330. The van der Waals surface area contributed by atoms with E-state index in [-0.39, 0.29) is 36.0 Å². The van der Waals surface area contributed by atoms with Gasteiger partial charge in [-0.15, -0.1) is 0 Å². The van der Waals surface area contributed by atoms with Crippen molar-refractivity contribution >= 4 is 40.7 Å². The van der Waals surface area contributed by atoms with Crippen molar-refractivity contribution in [3.8, 4) is 16.9 Å². The average molecular weight is 557 g/mol. The minimum absolute atomic E-state index is 0.153. The van der Waals surface area contributed by atoms with Crippen molar-refractivity contribution in [2.75, 3.05) is 44.7 Å². The van der Waals surface area contributed by atoms with Gasteiger partial charge >= 0.3 is 0 Å². The number of hydrogen-bond donors (Lipinski definition) is 0. The maximum absolute atomic E-state index is 13.6. The van der Waals surface area contributed by atoms with Gasteiger partial charge in [0.1, 0.15) is 12.3 Å². The number of likely N-dealkylation sites (tertiary alicyclic amines) is 1. The monoisotopic (exact) mass is 556 g/mol. The van der Waals surface area contributed by atoms with E-state index in [1.807, 2.05) is 24.3 Å². The number of fused-ring (bicyclic) bond motifs is 1. The van der Waals surface area contributed by atoms with Crippen LogP contribution >= 0.6 is 23.2 Å². The van der Waals surface area contributed by atoms with Crippen molar-refractivity contribution in [2.45, 2.75) is 18.9 Å². The number of amides is 2. The lowest BCUT2D eigenvalue weighted by atomic mass is 10.00. The van der Waals surface area contributed by atoms with Crippen molar-refractivity contribution in [1.82, 2.24) is 14.8 Å². The van der Waals surface area contributed by atoms with Crippen molar-refractivity contribution in [1.29, 1.82) is 0 Å². The fraction of sp³-hybridized carbons (Fsp3) is 0.321. The number of carbonyl (C=O) groups excluding carboxylic acids is 2. The third-order valence-corrected chi connectivity index (χ3v) is 7.81. The number of carbonyl (C=O) groups is 2. The molecule has 5 rings (SSSR count). The zero-order valence-corrected chi connectivity index (χ0v) is 22.4. The van der Waals surface area contributed by atoms with Gasteiger partial charge in [-0.05, 0) is 55.3 Å². The molecule has 10 heteroatoms. The van der Waals surface area contributed by atoms with Gasteiger partial charge in [0.25, 0.3) is 5.91 Å². The van der Waals surface area contributed by atoms with E-state index in [9.17, 15) is 14.0 Å². The molecule has 0 aliphatic carbocycles. The van der Waals surface area contributed by atoms with Crippen LogP contribution in [0, 0.1) is 5.95 Å². The number of ether oxygens (including phenoxy) is 1. The summed E-state index contributed by atoms with van der Waals surface area (Å²) in [5, 5.41) is 0.589. The molecule has 0 spiro atoms. The van der Waals surface area contributed by atoms with Gasteiger partial charge in [-0.2, -0.15) is 4.39 Å². The van der Waals surface area contributed by atoms with Crippen LogP contribution in [0.1, 0.15) is 24.4 Å². The molecule has 7 nitrogen and oxygen atoms in total. The fourth-order valence-electron chi connectivity index (χ4n) is 4.90. The number of benzene rings is 2. The van der Waals surface area contributed by atoms with Gasteiger partial charge in [0.15, 0.2) is 6.61 Å². The molecule has 0 N–H and O–H groups in total. The van der Waals surface area contributed by atoms with Gasteiger partial charge in [-0.3, -0.25) is 14.5 Å². The summed E-state index contributed by atoms with van der Waals surface area (Å²) in [6.07, 6.45) is 3.75. The quantitative estimate of drug-likeness (QED) is 0.373. The van der Waals surface area contributed by atoms with Gasteiger partial charge < -0.3 is 14.5 Å². The van der Waals surface area contributed by atoms with E-state index in [2.05, 4.69) is 9.88 Å². The van der Waals surface area contributed by atoms with Gasteiger partial charge in [0, 0.05) is 31.4 Å². The second kappa shape index (κ2) is 11.3. The zero-order chi connectivity index (χ0) is 26.8. The molecule has 2 amide bonds. The second-order valence-corrected chi connectivity index (χ2v) is 10.3. The van der Waals surface area contributed by atoms with Gasteiger partial charge in [-0.1, -0.05) is 47.5 Å². The highest BCUT2D eigenvalue weighted by molar-refractivity contribution is 6.42. The molecule has 38 heavy (non-hydrogen) atoms. The van der Waals surface area contributed by atoms with E-state index in [4.69, 9.17) is 27.9 Å². The lowest BCUT2D eigenvalue weighted by Gasteiger charge is -2.35. The molecule has 1 saturated heterocycles. The molecular formula is C28H27Cl2FN4O3. The number of rotatable bonds is 7. The molecule has 1 fully saturated rings. The zero-order valence-electron chi connectivity index (χ0n) is 20.9. The Balaban J connectivity index is 1.39. The first kappa shape index (κ1) is 26.4. The first-order valence-corrected chi connectivity index (χ1v) is 13.2. The molecule has 1 unspecified atom stereocenters. The fourth-order valence-corrected chi connectivity index (χ4v) is 5.21. The molecular weight excluding hydrogens is 530 g/mol. The van der Waals surface area contributed by atoms with Crippen LogP contribution in [0.4, 0.5) is 10.1 Å². The number of hydrogen-bond acceptors (Lipinski definition) is 5. The summed E-state index contributed by atoms with van der Waals surface area (Å²) in [6.45, 7) is 2.30. The Hall–Kier alpha value is -3.20. The third kappa shape index (κ3) is 5.62. The summed E-state index contributed by atoms with van der Waals surface area (Å²) in [5.41, 5.74) is 3.10.